The van der Waals surface area contributed by atoms with Crippen molar-refractivity contribution in [2.24, 2.45) is 5.10 Å². The van der Waals surface area contributed by atoms with E-state index in [0.717, 1.165) is 0 Å². The molecule has 5 nitrogen and oxygen atoms in total. The fourth-order valence-corrected chi connectivity index (χ4v) is 3.04. The molecule has 0 aliphatic heterocycles. The lowest BCUT2D eigenvalue weighted by Crippen LogP contribution is -2.18. The summed E-state index contributed by atoms with van der Waals surface area (Å²) < 4.78 is 7.02. The van der Waals surface area contributed by atoms with Crippen LogP contribution >= 0.6 is 47.8 Å². The van der Waals surface area contributed by atoms with E-state index in [1.807, 2.05) is 6.07 Å². The van der Waals surface area contributed by atoms with Gasteiger partial charge in [0.1, 0.15) is 0 Å². The Balaban J connectivity index is 2.23. The summed E-state index contributed by atoms with van der Waals surface area (Å²) in [5.74, 6) is -0.161. The summed E-state index contributed by atoms with van der Waals surface area (Å²) in [4.78, 5) is 12.1. The second-order valence-corrected chi connectivity index (χ2v) is 6.82. The van der Waals surface area contributed by atoms with E-state index < -0.39 is 0 Å². The molecule has 2 N–H and O–H groups in total. The van der Waals surface area contributed by atoms with E-state index in [2.05, 4.69) is 58.3 Å². The zero-order valence-corrected chi connectivity index (χ0v) is 16.6. The molecule has 0 aliphatic rings. The first kappa shape index (κ1) is 18.0. The van der Waals surface area contributed by atoms with E-state index in [1.54, 1.807) is 24.3 Å². The molecule has 2 rings (SSSR count). The molecule has 0 saturated carbocycles. The highest BCUT2D eigenvalue weighted by atomic mass is 79.9. The van der Waals surface area contributed by atoms with Crippen molar-refractivity contribution in [2.75, 3.05) is 7.11 Å². The van der Waals surface area contributed by atoms with Crippen LogP contribution in [0, 0.1) is 0 Å². The number of carbonyl (C=O) groups is 1. The first-order valence-corrected chi connectivity index (χ1v) is 8.66. The Hall–Kier alpha value is -1.38. The van der Waals surface area contributed by atoms with Crippen LogP contribution in [0.5, 0.6) is 11.5 Å². The third-order valence-corrected chi connectivity index (χ3v) is 5.59. The number of nitrogens with one attached hydrogen (secondary N) is 1. The van der Waals surface area contributed by atoms with Crippen LogP contribution in [0.4, 0.5) is 0 Å². The van der Waals surface area contributed by atoms with Gasteiger partial charge in [-0.05, 0) is 66.0 Å². The van der Waals surface area contributed by atoms with Crippen molar-refractivity contribution in [1.82, 2.24) is 5.43 Å². The van der Waals surface area contributed by atoms with E-state index in [9.17, 15) is 9.90 Å². The topological polar surface area (TPSA) is 70.9 Å². The van der Waals surface area contributed by atoms with E-state index in [-0.39, 0.29) is 11.7 Å². The van der Waals surface area contributed by atoms with Crippen LogP contribution in [0.2, 0.25) is 0 Å². The summed E-state index contributed by atoms with van der Waals surface area (Å²) in [6, 6.07) is 8.62. The molecule has 0 unspecified atom stereocenters. The monoisotopic (exact) mass is 504 g/mol. The summed E-state index contributed by atoms with van der Waals surface area (Å²) in [7, 11) is 1.45. The number of phenols is 1. The molecule has 0 aromatic heterocycles. The molecule has 0 aliphatic carbocycles. The van der Waals surface area contributed by atoms with Gasteiger partial charge in [-0.25, -0.2) is 5.43 Å². The SMILES string of the molecule is COc1cc(Br)c(Br)c(/C=N/NC(=O)c2ccccc2Br)c1O. The van der Waals surface area contributed by atoms with Gasteiger partial charge in [0.05, 0.1) is 24.5 Å². The molecule has 0 saturated heterocycles. The van der Waals surface area contributed by atoms with Gasteiger partial charge in [0.15, 0.2) is 11.5 Å². The van der Waals surface area contributed by atoms with Gasteiger partial charge in [-0.15, -0.1) is 0 Å². The van der Waals surface area contributed by atoms with Gasteiger partial charge < -0.3 is 9.84 Å². The quantitative estimate of drug-likeness (QED) is 0.475. The molecule has 1 amide bonds. The summed E-state index contributed by atoms with van der Waals surface area (Å²) in [5, 5.41) is 14.0. The van der Waals surface area contributed by atoms with Crippen LogP contribution < -0.4 is 10.2 Å². The number of ether oxygens (including phenoxy) is 1. The summed E-state index contributed by atoms with van der Waals surface area (Å²) in [5.41, 5.74) is 3.25. The molecule has 0 heterocycles. The molecular weight excluding hydrogens is 496 g/mol. The number of hydrazone groups is 1. The van der Waals surface area contributed by atoms with Gasteiger partial charge in [-0.2, -0.15) is 5.10 Å². The van der Waals surface area contributed by atoms with E-state index in [0.29, 0.717) is 30.3 Å². The molecule has 23 heavy (non-hydrogen) atoms. The predicted molar refractivity (Wildman–Crippen MR) is 99.3 cm³/mol. The highest BCUT2D eigenvalue weighted by Gasteiger charge is 2.14. The minimum atomic E-state index is -0.369. The number of carbonyl (C=O) groups excluding carboxylic acids is 1. The fourth-order valence-electron chi connectivity index (χ4n) is 1.75. The van der Waals surface area contributed by atoms with Crippen LogP contribution in [0.25, 0.3) is 0 Å². The zero-order valence-electron chi connectivity index (χ0n) is 11.8. The number of benzene rings is 2. The van der Waals surface area contributed by atoms with Crippen LogP contribution in [0.3, 0.4) is 0 Å². The Morgan fingerprint density at radius 1 is 1.26 bits per heavy atom. The Morgan fingerprint density at radius 3 is 2.61 bits per heavy atom. The largest absolute Gasteiger partial charge is 0.504 e. The molecule has 2 aromatic carbocycles. The minimum absolute atomic E-state index is 0.0820. The number of halogens is 3. The van der Waals surface area contributed by atoms with Crippen molar-refractivity contribution in [3.63, 3.8) is 0 Å². The third kappa shape index (κ3) is 4.13. The van der Waals surface area contributed by atoms with Crippen molar-refractivity contribution in [3.8, 4) is 11.5 Å². The Kier molecular flexibility index (Phi) is 6.20. The smallest absolute Gasteiger partial charge is 0.272 e. The molecule has 120 valence electrons. The molecule has 0 fully saturated rings. The first-order chi connectivity index (χ1) is 11.0. The van der Waals surface area contributed by atoms with Gasteiger partial charge in [0.25, 0.3) is 5.91 Å². The highest BCUT2D eigenvalue weighted by Crippen LogP contribution is 2.39. The maximum atomic E-state index is 12.1. The second-order valence-electron chi connectivity index (χ2n) is 4.32. The van der Waals surface area contributed by atoms with Crippen molar-refractivity contribution in [1.29, 1.82) is 0 Å². The Bertz CT molecular complexity index is 779. The van der Waals surface area contributed by atoms with E-state index in [4.69, 9.17) is 4.74 Å². The summed E-state index contributed by atoms with van der Waals surface area (Å²) in [6.45, 7) is 0. The second kappa shape index (κ2) is 7.94. The van der Waals surface area contributed by atoms with Gasteiger partial charge in [-0.1, -0.05) is 12.1 Å². The fraction of sp³-hybridized carbons (Fsp3) is 0.0667. The lowest BCUT2D eigenvalue weighted by atomic mass is 10.2. The number of amides is 1. The molecular formula is C15H11Br3N2O3. The van der Waals surface area contributed by atoms with Gasteiger partial charge >= 0.3 is 0 Å². The number of hydrogen-bond acceptors (Lipinski definition) is 4. The van der Waals surface area contributed by atoms with Crippen molar-refractivity contribution in [3.05, 3.63) is 54.9 Å². The Labute approximate surface area is 158 Å². The lowest BCUT2D eigenvalue weighted by molar-refractivity contribution is 0.0954. The van der Waals surface area contributed by atoms with Crippen LogP contribution in [0.15, 0.2) is 48.9 Å². The molecule has 0 spiro atoms. The van der Waals surface area contributed by atoms with Crippen LogP contribution in [-0.2, 0) is 0 Å². The summed E-state index contributed by atoms with van der Waals surface area (Å²) >= 11 is 9.99. The summed E-state index contributed by atoms with van der Waals surface area (Å²) in [6.07, 6.45) is 1.33. The molecule has 0 radical (unpaired) electrons. The highest BCUT2D eigenvalue weighted by molar-refractivity contribution is 9.13. The predicted octanol–water partition coefficient (Wildman–Crippen LogP) is 4.45. The third-order valence-electron chi connectivity index (χ3n) is 2.89. The van der Waals surface area contributed by atoms with Crippen LogP contribution in [-0.4, -0.2) is 24.3 Å². The van der Waals surface area contributed by atoms with E-state index >= 15 is 0 Å². The lowest BCUT2D eigenvalue weighted by Gasteiger charge is -2.09. The van der Waals surface area contributed by atoms with Crippen molar-refractivity contribution < 1.29 is 14.6 Å². The van der Waals surface area contributed by atoms with Gasteiger partial charge in [-0.3, -0.25) is 4.79 Å². The average molecular weight is 507 g/mol. The number of aromatic hydroxyl groups is 1. The number of nitrogens with zero attached hydrogens (tertiary/aromatic N) is 1. The normalized spacial score (nSPS) is 10.8. The average Bonchev–Trinajstić information content (AvgIpc) is 2.54. The molecule has 0 bridgehead atoms. The number of rotatable bonds is 4. The maximum Gasteiger partial charge on any atom is 0.272 e. The number of phenolic OH excluding ortho intramolecular Hbond substituents is 1. The Morgan fingerprint density at radius 2 is 1.96 bits per heavy atom. The zero-order chi connectivity index (χ0) is 17.0. The number of methoxy groups -OCH3 is 1. The standard InChI is InChI=1S/C15H11Br3N2O3/c1-23-12-6-11(17)13(18)9(14(12)21)7-19-20-15(22)8-4-2-3-5-10(8)16/h2-7,21H,1H3,(H,20,22)/b19-7+. The van der Waals surface area contributed by atoms with E-state index in [1.165, 1.54) is 13.3 Å². The minimum Gasteiger partial charge on any atom is -0.504 e. The number of hydrogen-bond donors (Lipinski definition) is 2. The molecule has 2 aromatic rings. The first-order valence-electron chi connectivity index (χ1n) is 6.28. The van der Waals surface area contributed by atoms with Crippen molar-refractivity contribution >= 4 is 59.9 Å². The van der Waals surface area contributed by atoms with Gasteiger partial charge in [0.2, 0.25) is 0 Å². The van der Waals surface area contributed by atoms with Crippen LogP contribution in [0.1, 0.15) is 15.9 Å². The molecule has 0 atom stereocenters. The van der Waals surface area contributed by atoms with Gasteiger partial charge in [0, 0.05) is 13.4 Å². The maximum absolute atomic E-state index is 12.1. The molecule has 8 heteroatoms. The van der Waals surface area contributed by atoms with Crippen molar-refractivity contribution in [2.45, 2.75) is 0 Å².